The van der Waals surface area contributed by atoms with E-state index in [2.05, 4.69) is 5.32 Å². The molecule has 30 heavy (non-hydrogen) atoms. The van der Waals surface area contributed by atoms with Crippen LogP contribution >= 0.6 is 22.7 Å². The molecule has 0 unspecified atom stereocenters. The van der Waals surface area contributed by atoms with Gasteiger partial charge in [0.1, 0.15) is 16.5 Å². The van der Waals surface area contributed by atoms with Crippen LogP contribution in [0.4, 0.5) is 5.00 Å². The van der Waals surface area contributed by atoms with Crippen LogP contribution in [0.25, 0.3) is 0 Å². The Morgan fingerprint density at radius 3 is 2.43 bits per heavy atom. The van der Waals surface area contributed by atoms with Gasteiger partial charge in [0, 0.05) is 4.88 Å². The minimum absolute atomic E-state index is 0.117. The lowest BCUT2D eigenvalue weighted by Gasteiger charge is -2.06. The highest BCUT2D eigenvalue weighted by molar-refractivity contribution is 7.18. The molecule has 2 heterocycles. The first kappa shape index (κ1) is 21.7. The van der Waals surface area contributed by atoms with Gasteiger partial charge >= 0.3 is 11.9 Å². The predicted molar refractivity (Wildman–Crippen MR) is 117 cm³/mol. The van der Waals surface area contributed by atoms with E-state index in [1.807, 2.05) is 47.8 Å². The van der Waals surface area contributed by atoms with Crippen molar-refractivity contribution < 1.29 is 23.9 Å². The van der Waals surface area contributed by atoms with E-state index < -0.39 is 11.9 Å². The molecule has 0 fully saturated rings. The van der Waals surface area contributed by atoms with Gasteiger partial charge in [-0.3, -0.25) is 4.79 Å². The van der Waals surface area contributed by atoms with E-state index in [0.29, 0.717) is 10.6 Å². The number of hydrogen-bond acceptors (Lipinski definition) is 7. The van der Waals surface area contributed by atoms with Crippen LogP contribution in [0.1, 0.15) is 43.0 Å². The third-order valence-corrected chi connectivity index (χ3v) is 6.26. The van der Waals surface area contributed by atoms with E-state index in [1.54, 1.807) is 13.8 Å². The van der Waals surface area contributed by atoms with E-state index in [9.17, 15) is 14.4 Å². The van der Waals surface area contributed by atoms with E-state index in [-0.39, 0.29) is 36.0 Å². The zero-order valence-electron chi connectivity index (χ0n) is 16.6. The zero-order valence-corrected chi connectivity index (χ0v) is 18.2. The number of esters is 2. The summed E-state index contributed by atoms with van der Waals surface area (Å²) in [6, 6.07) is 13.0. The monoisotopic (exact) mass is 443 g/mol. The molecule has 0 aliphatic rings. The van der Waals surface area contributed by atoms with Crippen LogP contribution in [0.15, 0.2) is 47.8 Å². The van der Waals surface area contributed by atoms with Crippen LogP contribution in [0.3, 0.4) is 0 Å². The summed E-state index contributed by atoms with van der Waals surface area (Å²) in [5.74, 6) is -1.40. The van der Waals surface area contributed by atoms with Crippen LogP contribution in [0, 0.1) is 6.92 Å². The number of anilines is 1. The number of benzene rings is 1. The topological polar surface area (TPSA) is 81.7 Å². The molecule has 0 atom stereocenters. The molecule has 1 N–H and O–H groups in total. The molecule has 156 valence electrons. The molecule has 0 aliphatic carbocycles. The first-order valence-electron chi connectivity index (χ1n) is 9.33. The number of thiophene rings is 2. The van der Waals surface area contributed by atoms with Crippen LogP contribution < -0.4 is 5.32 Å². The molecular formula is C22H21NO5S2. The molecule has 2 aromatic heterocycles. The SMILES string of the molecule is CCOC(=O)c1c(NC(=O)Cc2cccs2)sc(C(=O)OCc2ccccc2)c1C. The molecular weight excluding hydrogens is 422 g/mol. The Balaban J connectivity index is 1.81. The van der Waals surface area contributed by atoms with E-state index in [4.69, 9.17) is 9.47 Å². The summed E-state index contributed by atoms with van der Waals surface area (Å²) < 4.78 is 10.5. The Hall–Kier alpha value is -2.97. The summed E-state index contributed by atoms with van der Waals surface area (Å²) in [4.78, 5) is 38.8. The number of amides is 1. The molecule has 3 rings (SSSR count). The first-order valence-corrected chi connectivity index (χ1v) is 11.0. The number of rotatable bonds is 8. The maximum atomic E-state index is 12.7. The van der Waals surface area contributed by atoms with Gasteiger partial charge in [-0.1, -0.05) is 36.4 Å². The summed E-state index contributed by atoms with van der Waals surface area (Å²) >= 11 is 2.50. The second kappa shape index (κ2) is 10.2. The molecule has 0 radical (unpaired) electrons. The number of carbonyl (C=O) groups is 3. The normalized spacial score (nSPS) is 10.5. The van der Waals surface area contributed by atoms with Gasteiger partial charge in [-0.05, 0) is 36.4 Å². The highest BCUT2D eigenvalue weighted by Gasteiger charge is 2.27. The number of carbonyl (C=O) groups excluding carboxylic acids is 3. The lowest BCUT2D eigenvalue weighted by atomic mass is 10.1. The van der Waals surface area contributed by atoms with E-state index in [1.165, 1.54) is 11.3 Å². The summed E-state index contributed by atoms with van der Waals surface area (Å²) in [5, 5.41) is 4.94. The molecule has 0 spiro atoms. The van der Waals surface area contributed by atoms with E-state index in [0.717, 1.165) is 21.8 Å². The Morgan fingerprint density at radius 2 is 1.77 bits per heavy atom. The Morgan fingerprint density at radius 1 is 1.00 bits per heavy atom. The molecule has 0 saturated heterocycles. The molecule has 6 nitrogen and oxygen atoms in total. The zero-order chi connectivity index (χ0) is 21.5. The Kier molecular flexibility index (Phi) is 7.37. The van der Waals surface area contributed by atoms with Gasteiger partial charge in [0.05, 0.1) is 18.6 Å². The number of ether oxygens (including phenoxy) is 2. The third-order valence-electron chi connectivity index (χ3n) is 4.19. The second-order valence-electron chi connectivity index (χ2n) is 6.35. The lowest BCUT2D eigenvalue weighted by Crippen LogP contribution is -2.16. The maximum Gasteiger partial charge on any atom is 0.349 e. The van der Waals surface area contributed by atoms with Gasteiger partial charge in [-0.15, -0.1) is 22.7 Å². The Bertz CT molecular complexity index is 1030. The van der Waals surface area contributed by atoms with E-state index >= 15 is 0 Å². The van der Waals surface area contributed by atoms with Crippen molar-refractivity contribution in [3.05, 3.63) is 74.3 Å². The van der Waals surface area contributed by atoms with Gasteiger partial charge in [-0.2, -0.15) is 0 Å². The second-order valence-corrected chi connectivity index (χ2v) is 8.40. The van der Waals surface area contributed by atoms with Crippen molar-refractivity contribution in [3.63, 3.8) is 0 Å². The van der Waals surface area contributed by atoms with Crippen LogP contribution in [-0.2, 0) is 27.3 Å². The Labute approximate surface area is 182 Å². The standard InChI is InChI=1S/C22H21NO5S2/c1-3-27-21(25)18-14(2)19(22(26)28-13-15-8-5-4-6-9-15)30-20(18)23-17(24)12-16-10-7-11-29-16/h4-11H,3,12-13H2,1-2H3,(H,23,24). The van der Waals surface area contributed by atoms with Crippen molar-refractivity contribution >= 4 is 45.5 Å². The van der Waals surface area contributed by atoms with Crippen molar-refractivity contribution in [2.24, 2.45) is 0 Å². The number of nitrogens with one attached hydrogen (secondary N) is 1. The lowest BCUT2D eigenvalue weighted by molar-refractivity contribution is -0.115. The minimum atomic E-state index is -0.584. The highest BCUT2D eigenvalue weighted by Crippen LogP contribution is 2.34. The average Bonchev–Trinajstić information content (AvgIpc) is 3.34. The summed E-state index contributed by atoms with van der Waals surface area (Å²) in [6.07, 6.45) is 0.185. The molecule has 0 saturated carbocycles. The quantitative estimate of drug-likeness (QED) is 0.504. The summed E-state index contributed by atoms with van der Waals surface area (Å²) in [5.41, 5.74) is 1.48. The van der Waals surface area contributed by atoms with Crippen molar-refractivity contribution in [2.45, 2.75) is 26.9 Å². The molecule has 0 aliphatic heterocycles. The molecule has 1 aromatic carbocycles. The number of hydrogen-bond donors (Lipinski definition) is 1. The highest BCUT2D eigenvalue weighted by atomic mass is 32.1. The van der Waals surface area contributed by atoms with Gasteiger partial charge in [0.15, 0.2) is 0 Å². The summed E-state index contributed by atoms with van der Waals surface area (Å²) in [7, 11) is 0. The third kappa shape index (κ3) is 5.34. The maximum absolute atomic E-state index is 12.7. The van der Waals surface area contributed by atoms with Crippen molar-refractivity contribution in [1.29, 1.82) is 0 Å². The fourth-order valence-electron chi connectivity index (χ4n) is 2.78. The average molecular weight is 444 g/mol. The summed E-state index contributed by atoms with van der Waals surface area (Å²) in [6.45, 7) is 3.65. The van der Waals surface area contributed by atoms with Crippen molar-refractivity contribution in [3.8, 4) is 0 Å². The smallest absolute Gasteiger partial charge is 0.349 e. The van der Waals surface area contributed by atoms with Gasteiger partial charge in [0.2, 0.25) is 5.91 Å². The predicted octanol–water partition coefficient (Wildman–Crippen LogP) is 4.83. The van der Waals surface area contributed by atoms with Crippen LogP contribution in [-0.4, -0.2) is 24.5 Å². The molecule has 1 amide bonds. The fraction of sp³-hybridized carbons (Fsp3) is 0.227. The molecule has 3 aromatic rings. The van der Waals surface area contributed by atoms with Crippen molar-refractivity contribution in [2.75, 3.05) is 11.9 Å². The van der Waals surface area contributed by atoms with Gasteiger partial charge in [-0.25, -0.2) is 9.59 Å². The van der Waals surface area contributed by atoms with Crippen molar-refractivity contribution in [1.82, 2.24) is 0 Å². The largest absolute Gasteiger partial charge is 0.462 e. The molecule has 0 bridgehead atoms. The van der Waals surface area contributed by atoms with Crippen LogP contribution in [0.2, 0.25) is 0 Å². The minimum Gasteiger partial charge on any atom is -0.462 e. The van der Waals surface area contributed by atoms with Gasteiger partial charge in [0.25, 0.3) is 0 Å². The first-order chi connectivity index (χ1) is 14.5. The fourth-order valence-corrected chi connectivity index (χ4v) is 4.58. The molecule has 8 heteroatoms. The van der Waals surface area contributed by atoms with Gasteiger partial charge < -0.3 is 14.8 Å². The van der Waals surface area contributed by atoms with Crippen LogP contribution in [0.5, 0.6) is 0 Å².